The zero-order valence-corrected chi connectivity index (χ0v) is 28.0. The molecule has 10 heteroatoms. The number of nitrogens with one attached hydrogen (secondary N) is 1. The van der Waals surface area contributed by atoms with Gasteiger partial charge in [0.2, 0.25) is 0 Å². The van der Waals surface area contributed by atoms with Gasteiger partial charge in [0, 0.05) is 17.8 Å². The maximum Gasteiger partial charge on any atom is 0.304 e. The topological polar surface area (TPSA) is 97.8 Å². The van der Waals surface area contributed by atoms with E-state index in [1.807, 2.05) is 31.2 Å². The van der Waals surface area contributed by atoms with Crippen molar-refractivity contribution in [3.8, 4) is 16.3 Å². The van der Waals surface area contributed by atoms with Gasteiger partial charge in [-0.1, -0.05) is 24.3 Å². The molecule has 8 nitrogen and oxygen atoms in total. The Balaban J connectivity index is 1.45. The van der Waals surface area contributed by atoms with Crippen molar-refractivity contribution in [1.29, 1.82) is 0 Å². The van der Waals surface area contributed by atoms with Gasteiger partial charge < -0.3 is 9.47 Å². The summed E-state index contributed by atoms with van der Waals surface area (Å²) in [6.45, 7) is 13.7. The van der Waals surface area contributed by atoms with E-state index in [9.17, 15) is 13.2 Å². The monoisotopic (exact) mass is 635 g/mol. The number of pyridine rings is 1. The molecule has 1 N–H and O–H groups in total. The molecule has 4 heterocycles. The molecule has 0 saturated carbocycles. The van der Waals surface area contributed by atoms with Crippen molar-refractivity contribution in [3.05, 3.63) is 59.2 Å². The number of hydrogen-bond acceptors (Lipinski definition) is 7. The van der Waals surface area contributed by atoms with Crippen molar-refractivity contribution < 1.29 is 22.7 Å². The van der Waals surface area contributed by atoms with Crippen molar-refractivity contribution in [3.63, 3.8) is 0 Å². The van der Waals surface area contributed by atoms with Crippen LogP contribution in [0.25, 0.3) is 31.6 Å². The lowest BCUT2D eigenvalue weighted by molar-refractivity contribution is -0.175. The summed E-state index contributed by atoms with van der Waals surface area (Å²) in [5, 5.41) is 1.65. The molecule has 2 aromatic heterocycles. The van der Waals surface area contributed by atoms with Crippen LogP contribution in [0.5, 0.6) is 5.75 Å². The van der Waals surface area contributed by atoms with Crippen molar-refractivity contribution in [2.75, 3.05) is 19.7 Å². The Morgan fingerprint density at radius 3 is 2.43 bits per heavy atom. The molecule has 2 aliphatic rings. The summed E-state index contributed by atoms with van der Waals surface area (Å²) in [5.74, 6) is 0.0722. The van der Waals surface area contributed by atoms with Gasteiger partial charge in [-0.25, -0.2) is 9.71 Å². The van der Waals surface area contributed by atoms with E-state index in [0.717, 1.165) is 51.8 Å². The van der Waals surface area contributed by atoms with Crippen molar-refractivity contribution in [1.82, 2.24) is 14.0 Å². The Morgan fingerprint density at radius 2 is 1.75 bits per heavy atom. The first-order valence-corrected chi connectivity index (χ1v) is 17.6. The number of aryl methyl sites for hydroxylation is 2. The number of nitrogens with zero attached hydrogens (tertiary/aromatic N) is 2. The van der Waals surface area contributed by atoms with Gasteiger partial charge in [0.05, 0.1) is 44.8 Å². The molecule has 44 heavy (non-hydrogen) atoms. The number of aromatic nitrogens is 1. The Kier molecular flexibility index (Phi) is 8.01. The van der Waals surface area contributed by atoms with Gasteiger partial charge in [-0.2, -0.15) is 12.7 Å². The predicted octanol–water partition coefficient (Wildman–Crippen LogP) is 7.17. The Labute approximate surface area is 263 Å². The van der Waals surface area contributed by atoms with E-state index in [4.69, 9.17) is 14.5 Å². The van der Waals surface area contributed by atoms with Crippen LogP contribution in [0.1, 0.15) is 74.9 Å². The van der Waals surface area contributed by atoms with E-state index < -0.39 is 16.1 Å². The molecule has 0 bridgehead atoms. The van der Waals surface area contributed by atoms with Gasteiger partial charge in [-0.05, 0) is 108 Å². The molecule has 6 rings (SSSR count). The molecule has 2 aromatic carbocycles. The summed E-state index contributed by atoms with van der Waals surface area (Å²) >= 11 is 1.61. The molecule has 0 radical (unpaired) electrons. The van der Waals surface area contributed by atoms with Crippen molar-refractivity contribution in [2.45, 2.75) is 78.4 Å². The number of carbonyl (C=O) groups is 1. The number of amides is 1. The fraction of sp³-hybridized carbons (Fsp3) is 0.471. The smallest absolute Gasteiger partial charge is 0.304 e. The third-order valence-corrected chi connectivity index (χ3v) is 11.4. The van der Waals surface area contributed by atoms with Crippen LogP contribution in [0.2, 0.25) is 0 Å². The summed E-state index contributed by atoms with van der Waals surface area (Å²) in [6.07, 6.45) is 3.24. The van der Waals surface area contributed by atoms with Crippen LogP contribution in [-0.2, 0) is 14.9 Å². The van der Waals surface area contributed by atoms with E-state index in [2.05, 4.69) is 51.5 Å². The summed E-state index contributed by atoms with van der Waals surface area (Å²) in [5.41, 5.74) is 2.87. The fourth-order valence-corrected chi connectivity index (χ4v) is 9.44. The maximum absolute atomic E-state index is 14.0. The number of rotatable bonds is 7. The Hall–Kier alpha value is -3.05. The van der Waals surface area contributed by atoms with Crippen LogP contribution in [-0.4, -0.2) is 54.5 Å². The van der Waals surface area contributed by atoms with Crippen LogP contribution in [0.4, 0.5) is 0 Å². The highest BCUT2D eigenvalue weighted by Crippen LogP contribution is 2.42. The zero-order valence-electron chi connectivity index (χ0n) is 26.3. The predicted molar refractivity (Wildman–Crippen MR) is 177 cm³/mol. The number of ether oxygens (including phenoxy) is 2. The molecule has 4 aromatic rings. The molecule has 2 aliphatic heterocycles. The standard InChI is InChI=1S/C34H41N3O5S2/c1-21-13-14-27(41-20-23-18-33(3,4)42-34(5,6)19-23)29-25(32(38)36-44(39,40)37-15-9-10-16-37)17-26(35-30(21)29)31-22(2)24-11-7-8-12-28(24)43-31/h7-8,11-14,17,23H,9-10,15-16,18-20H2,1-6H3,(H,36,38). The molecule has 2 fully saturated rings. The molecular formula is C34H41N3O5S2. The van der Waals surface area contributed by atoms with E-state index >= 15 is 0 Å². The van der Waals surface area contributed by atoms with Gasteiger partial charge in [0.15, 0.2) is 0 Å². The van der Waals surface area contributed by atoms with Gasteiger partial charge in [-0.15, -0.1) is 11.3 Å². The maximum atomic E-state index is 14.0. The van der Waals surface area contributed by atoms with Crippen molar-refractivity contribution in [2.24, 2.45) is 5.92 Å². The third-order valence-electron chi connectivity index (χ3n) is 8.66. The van der Waals surface area contributed by atoms with E-state index in [-0.39, 0.29) is 22.7 Å². The van der Waals surface area contributed by atoms with E-state index in [1.54, 1.807) is 17.4 Å². The largest absolute Gasteiger partial charge is 0.493 e. The summed E-state index contributed by atoms with van der Waals surface area (Å²) in [7, 11) is -4.00. The first kappa shape index (κ1) is 31.0. The van der Waals surface area contributed by atoms with Crippen LogP contribution < -0.4 is 9.46 Å². The normalized spacial score (nSPS) is 19.0. The lowest BCUT2D eigenvalue weighted by Crippen LogP contribution is -2.46. The third kappa shape index (κ3) is 6.09. The first-order valence-electron chi connectivity index (χ1n) is 15.3. The van der Waals surface area contributed by atoms with Crippen LogP contribution in [0.15, 0.2) is 42.5 Å². The highest BCUT2D eigenvalue weighted by atomic mass is 32.2. The summed E-state index contributed by atoms with van der Waals surface area (Å²) in [4.78, 5) is 20.0. The fourth-order valence-electron chi connectivity index (χ4n) is 7.06. The number of carbonyl (C=O) groups excluding carboxylic acids is 1. The Morgan fingerprint density at radius 1 is 1.07 bits per heavy atom. The first-order chi connectivity index (χ1) is 20.7. The zero-order chi connectivity index (χ0) is 31.4. The molecule has 0 unspecified atom stereocenters. The van der Waals surface area contributed by atoms with Gasteiger partial charge in [0.25, 0.3) is 5.91 Å². The second-order valence-electron chi connectivity index (χ2n) is 13.5. The van der Waals surface area contributed by atoms with Gasteiger partial charge in [-0.3, -0.25) is 4.79 Å². The number of hydrogen-bond donors (Lipinski definition) is 1. The van der Waals surface area contributed by atoms with E-state index in [1.165, 1.54) is 4.31 Å². The second kappa shape index (κ2) is 11.4. The number of benzene rings is 2. The minimum absolute atomic E-state index is 0.232. The van der Waals surface area contributed by atoms with Crippen molar-refractivity contribution >= 4 is 48.4 Å². The second-order valence-corrected chi connectivity index (χ2v) is 16.2. The average Bonchev–Trinajstić information content (AvgIpc) is 3.60. The van der Waals surface area contributed by atoms with Crippen LogP contribution in [0.3, 0.4) is 0 Å². The molecule has 234 valence electrons. The quantitative estimate of drug-likeness (QED) is 0.231. The van der Waals surface area contributed by atoms with Crippen LogP contribution in [0, 0.1) is 19.8 Å². The molecule has 2 saturated heterocycles. The lowest BCUT2D eigenvalue weighted by atomic mass is 9.81. The van der Waals surface area contributed by atoms with Gasteiger partial charge in [0.1, 0.15) is 5.75 Å². The van der Waals surface area contributed by atoms with Crippen LogP contribution >= 0.6 is 11.3 Å². The molecular weight excluding hydrogens is 595 g/mol. The molecule has 0 spiro atoms. The summed E-state index contributed by atoms with van der Waals surface area (Å²) < 4.78 is 44.1. The van der Waals surface area contributed by atoms with E-state index in [0.29, 0.717) is 42.0 Å². The molecule has 0 aliphatic carbocycles. The number of fused-ring (bicyclic) bond motifs is 2. The molecule has 0 atom stereocenters. The molecule has 1 amide bonds. The lowest BCUT2D eigenvalue weighted by Gasteiger charge is -2.45. The average molecular weight is 636 g/mol. The van der Waals surface area contributed by atoms with Gasteiger partial charge >= 0.3 is 10.2 Å². The number of thiophene rings is 1. The minimum atomic E-state index is -4.00. The highest BCUT2D eigenvalue weighted by Gasteiger charge is 2.39. The Bertz CT molecular complexity index is 1840. The highest BCUT2D eigenvalue weighted by molar-refractivity contribution is 7.87. The SMILES string of the molecule is Cc1c(-c2cc(C(=O)NS(=O)(=O)N3CCCC3)c3c(OCC4CC(C)(C)OC(C)(C)C4)ccc(C)c3n2)sc2ccccc12. The minimum Gasteiger partial charge on any atom is -0.493 e. The summed E-state index contributed by atoms with van der Waals surface area (Å²) in [6, 6.07) is 13.7.